The zero-order valence-electron chi connectivity index (χ0n) is 17.2. The third-order valence-electron chi connectivity index (χ3n) is 5.77. The molecule has 156 valence electrons. The molecule has 0 unspecified atom stereocenters. The van der Waals surface area contributed by atoms with Gasteiger partial charge < -0.3 is 15.2 Å². The maximum atomic E-state index is 12.6. The maximum absolute atomic E-state index is 12.6. The highest BCUT2D eigenvalue weighted by Crippen LogP contribution is 2.35. The van der Waals surface area contributed by atoms with Crippen LogP contribution in [-0.2, 0) is 10.4 Å². The van der Waals surface area contributed by atoms with Crippen molar-refractivity contribution in [3.05, 3.63) is 54.0 Å². The van der Waals surface area contributed by atoms with Crippen molar-refractivity contribution < 1.29 is 14.7 Å². The number of carbonyl (C=O) groups is 2. The number of carbonyl (C=O) groups excluding carboxylic acids is 2. The number of nitrogens with zero attached hydrogens (tertiary/aromatic N) is 3. The van der Waals surface area contributed by atoms with Crippen molar-refractivity contribution in [2.75, 3.05) is 5.32 Å². The van der Waals surface area contributed by atoms with Crippen LogP contribution in [0.25, 0.3) is 10.9 Å². The molecule has 2 N–H and O–H groups in total. The molecule has 1 aliphatic carbocycles. The van der Waals surface area contributed by atoms with Crippen molar-refractivity contribution in [3.63, 3.8) is 0 Å². The van der Waals surface area contributed by atoms with Crippen LogP contribution in [0.4, 0.5) is 5.69 Å². The topological polar surface area (TPSA) is 97.1 Å². The first-order valence-electron chi connectivity index (χ1n) is 10.3. The highest BCUT2D eigenvalue weighted by Gasteiger charge is 2.26. The van der Waals surface area contributed by atoms with E-state index in [1.807, 2.05) is 23.0 Å². The van der Waals surface area contributed by atoms with E-state index in [-0.39, 0.29) is 17.9 Å². The van der Waals surface area contributed by atoms with Gasteiger partial charge in [0.2, 0.25) is 0 Å². The average Bonchev–Trinajstić information content (AvgIpc) is 3.16. The van der Waals surface area contributed by atoms with E-state index in [1.165, 1.54) is 0 Å². The van der Waals surface area contributed by atoms with Gasteiger partial charge in [0.25, 0.3) is 5.91 Å². The Labute approximate surface area is 175 Å². The molecule has 4 rings (SSSR count). The Morgan fingerprint density at radius 3 is 2.63 bits per heavy atom. The number of hydrogen-bond donors (Lipinski definition) is 2. The number of fused-ring (bicyclic) bond motifs is 1. The predicted molar refractivity (Wildman–Crippen MR) is 114 cm³/mol. The van der Waals surface area contributed by atoms with Crippen LogP contribution in [0, 0.1) is 5.92 Å². The van der Waals surface area contributed by atoms with E-state index in [4.69, 9.17) is 5.10 Å². The molecule has 0 spiro atoms. The lowest BCUT2D eigenvalue weighted by Gasteiger charge is -2.25. The van der Waals surface area contributed by atoms with E-state index in [0.717, 1.165) is 42.9 Å². The summed E-state index contributed by atoms with van der Waals surface area (Å²) in [7, 11) is 0. The van der Waals surface area contributed by atoms with Crippen molar-refractivity contribution in [2.24, 2.45) is 5.92 Å². The Balaban J connectivity index is 1.67. The van der Waals surface area contributed by atoms with Gasteiger partial charge in [0.15, 0.2) is 0 Å². The normalized spacial score (nSPS) is 19.6. The molecule has 7 nitrogen and oxygen atoms in total. The minimum atomic E-state index is -1.16. The van der Waals surface area contributed by atoms with Gasteiger partial charge in [0.05, 0.1) is 17.2 Å². The van der Waals surface area contributed by atoms with Crippen LogP contribution in [-0.4, -0.2) is 32.1 Å². The minimum absolute atomic E-state index is 0.154. The van der Waals surface area contributed by atoms with E-state index >= 15 is 0 Å². The fraction of sp³-hybridized carbons (Fsp3) is 0.391. The molecule has 1 amide bonds. The molecule has 0 bridgehead atoms. The summed E-state index contributed by atoms with van der Waals surface area (Å²) < 4.78 is 1.96. The fourth-order valence-corrected chi connectivity index (χ4v) is 4.07. The third kappa shape index (κ3) is 4.11. The smallest absolute Gasteiger partial charge is 0.274 e. The zero-order valence-corrected chi connectivity index (χ0v) is 17.2. The molecule has 7 heteroatoms. The first-order valence-corrected chi connectivity index (χ1v) is 10.3. The van der Waals surface area contributed by atoms with Crippen molar-refractivity contribution in [3.8, 4) is 0 Å². The van der Waals surface area contributed by atoms with Gasteiger partial charge in [0.1, 0.15) is 12.0 Å². The number of amides is 1. The summed E-state index contributed by atoms with van der Waals surface area (Å²) in [5.41, 5.74) is 1.04. The number of nitrogens with one attached hydrogen (secondary N) is 1. The standard InChI is InChI=1S/C23H26N4O3/c1-23(2,30)18-12-20-16(11-21(18)25-22(29)19-5-3-4-10-24-19)13-27(26-20)17-8-6-15(14-28)7-9-17/h3-5,10-15,17,30H,6-9H2,1-2H3,(H,25,29)/t15-,17-. The maximum Gasteiger partial charge on any atom is 0.274 e. The number of anilines is 1. The van der Waals surface area contributed by atoms with Gasteiger partial charge in [-0.25, -0.2) is 0 Å². The second-order valence-corrected chi connectivity index (χ2v) is 8.50. The van der Waals surface area contributed by atoms with Gasteiger partial charge in [-0.1, -0.05) is 6.07 Å². The zero-order chi connectivity index (χ0) is 21.3. The average molecular weight is 406 g/mol. The summed E-state index contributed by atoms with van der Waals surface area (Å²) in [6.45, 7) is 3.37. The van der Waals surface area contributed by atoms with Crippen LogP contribution < -0.4 is 5.32 Å². The largest absolute Gasteiger partial charge is 0.386 e. The molecule has 1 aromatic carbocycles. The van der Waals surface area contributed by atoms with Crippen molar-refractivity contribution >= 4 is 28.8 Å². The predicted octanol–water partition coefficient (Wildman–Crippen LogP) is 3.84. The molecular formula is C23H26N4O3. The molecule has 1 aliphatic rings. The summed E-state index contributed by atoms with van der Waals surface area (Å²) in [4.78, 5) is 27.7. The van der Waals surface area contributed by atoms with Gasteiger partial charge in [0, 0.05) is 34.9 Å². The van der Waals surface area contributed by atoms with Crippen LogP contribution in [0.3, 0.4) is 0 Å². The molecule has 0 saturated heterocycles. The monoisotopic (exact) mass is 406 g/mol. The number of pyridine rings is 1. The van der Waals surface area contributed by atoms with E-state index in [1.54, 1.807) is 38.2 Å². The Morgan fingerprint density at radius 2 is 2.00 bits per heavy atom. The van der Waals surface area contributed by atoms with Crippen LogP contribution in [0.1, 0.15) is 61.6 Å². The van der Waals surface area contributed by atoms with Crippen LogP contribution in [0.2, 0.25) is 0 Å². The SMILES string of the molecule is CC(C)(O)c1cc2nn([C@H]3CC[C@H](C=O)CC3)cc2cc1NC(=O)c1ccccn1. The molecule has 0 radical (unpaired) electrons. The fourth-order valence-electron chi connectivity index (χ4n) is 4.07. The van der Waals surface area contributed by atoms with Gasteiger partial charge in [-0.2, -0.15) is 5.10 Å². The molecule has 1 saturated carbocycles. The summed E-state index contributed by atoms with van der Waals surface area (Å²) in [6, 6.07) is 9.09. The molecule has 3 aromatic rings. The van der Waals surface area contributed by atoms with Gasteiger partial charge in [-0.05, 0) is 63.8 Å². The summed E-state index contributed by atoms with van der Waals surface area (Å²) >= 11 is 0. The lowest BCUT2D eigenvalue weighted by atomic mass is 9.87. The molecular weight excluding hydrogens is 380 g/mol. The van der Waals surface area contributed by atoms with Crippen molar-refractivity contribution in [2.45, 2.75) is 51.2 Å². The van der Waals surface area contributed by atoms with E-state index in [2.05, 4.69) is 10.3 Å². The van der Waals surface area contributed by atoms with E-state index < -0.39 is 5.60 Å². The molecule has 30 heavy (non-hydrogen) atoms. The summed E-state index contributed by atoms with van der Waals surface area (Å²) in [6.07, 6.45) is 8.19. The minimum Gasteiger partial charge on any atom is -0.386 e. The quantitative estimate of drug-likeness (QED) is 0.628. The number of aliphatic hydroxyl groups is 1. The Bertz CT molecular complexity index is 1060. The molecule has 1 fully saturated rings. The Kier molecular flexibility index (Phi) is 5.39. The van der Waals surface area contributed by atoms with Crippen molar-refractivity contribution in [1.29, 1.82) is 0 Å². The number of rotatable bonds is 5. The Hall–Kier alpha value is -3.06. The first kappa shape index (κ1) is 20.2. The number of benzene rings is 1. The summed E-state index contributed by atoms with van der Waals surface area (Å²) in [5, 5.41) is 19.2. The molecule has 0 atom stereocenters. The van der Waals surface area contributed by atoms with Crippen LogP contribution >= 0.6 is 0 Å². The lowest BCUT2D eigenvalue weighted by Crippen LogP contribution is -2.21. The van der Waals surface area contributed by atoms with Crippen molar-refractivity contribution in [1.82, 2.24) is 14.8 Å². The van der Waals surface area contributed by atoms with E-state index in [9.17, 15) is 14.7 Å². The van der Waals surface area contributed by atoms with Crippen LogP contribution in [0.15, 0.2) is 42.7 Å². The lowest BCUT2D eigenvalue weighted by molar-refractivity contribution is -0.112. The Morgan fingerprint density at radius 1 is 1.23 bits per heavy atom. The van der Waals surface area contributed by atoms with Gasteiger partial charge in [-0.3, -0.25) is 14.5 Å². The number of aromatic nitrogens is 3. The second kappa shape index (κ2) is 7.99. The van der Waals surface area contributed by atoms with Crippen LogP contribution in [0.5, 0.6) is 0 Å². The van der Waals surface area contributed by atoms with Gasteiger partial charge in [-0.15, -0.1) is 0 Å². The number of aldehydes is 1. The highest BCUT2D eigenvalue weighted by molar-refractivity contribution is 6.04. The van der Waals surface area contributed by atoms with E-state index in [0.29, 0.717) is 16.9 Å². The molecule has 2 aromatic heterocycles. The highest BCUT2D eigenvalue weighted by atomic mass is 16.3. The molecule has 2 heterocycles. The first-order chi connectivity index (χ1) is 14.3. The van der Waals surface area contributed by atoms with Gasteiger partial charge >= 0.3 is 0 Å². The molecule has 0 aliphatic heterocycles. The summed E-state index contributed by atoms with van der Waals surface area (Å²) in [5.74, 6) is -0.179. The third-order valence-corrected chi connectivity index (χ3v) is 5.77. The second-order valence-electron chi connectivity index (χ2n) is 8.50. The number of hydrogen-bond acceptors (Lipinski definition) is 5.